The molecule has 2 N–H and O–H groups in total. The zero-order chi connectivity index (χ0) is 13.9. The van der Waals surface area contributed by atoms with Crippen molar-refractivity contribution in [2.24, 2.45) is 0 Å². The Morgan fingerprint density at radius 1 is 1.00 bits per heavy atom. The maximum absolute atomic E-state index is 9.17. The Morgan fingerprint density at radius 3 is 2.45 bits per heavy atom. The van der Waals surface area contributed by atoms with E-state index in [-0.39, 0.29) is 6.10 Å². The molecule has 2 aromatic rings. The molecule has 1 saturated heterocycles. The lowest BCUT2D eigenvalue weighted by molar-refractivity contribution is 0.0256. The van der Waals surface area contributed by atoms with Gasteiger partial charge in [0.15, 0.2) is 0 Å². The minimum atomic E-state index is -1.43. The van der Waals surface area contributed by atoms with Gasteiger partial charge in [-0.2, -0.15) is 0 Å². The van der Waals surface area contributed by atoms with Crippen LogP contribution < -0.4 is 10.2 Å². The van der Waals surface area contributed by atoms with Gasteiger partial charge in [0.05, 0.1) is 13.2 Å². The van der Waals surface area contributed by atoms with Gasteiger partial charge in [-0.1, -0.05) is 24.3 Å². The lowest BCUT2D eigenvalue weighted by Crippen LogP contribution is -2.29. The second-order valence-electron chi connectivity index (χ2n) is 5.07. The zero-order valence-electron chi connectivity index (χ0n) is 11.2. The van der Waals surface area contributed by atoms with E-state index in [9.17, 15) is 10.0 Å². The quantitative estimate of drug-likeness (QED) is 0.821. The van der Waals surface area contributed by atoms with E-state index in [2.05, 4.69) is 0 Å². The van der Waals surface area contributed by atoms with Gasteiger partial charge in [-0.15, -0.1) is 0 Å². The molecule has 1 heterocycles. The first-order valence-electron chi connectivity index (χ1n) is 6.86. The average molecular weight is 272 g/mol. The highest BCUT2D eigenvalue weighted by Crippen LogP contribution is 2.23. The number of fused-ring (bicyclic) bond motifs is 1. The first kappa shape index (κ1) is 13.4. The van der Waals surface area contributed by atoms with E-state index in [1.807, 2.05) is 24.3 Å². The fourth-order valence-corrected chi connectivity index (χ4v) is 2.46. The fourth-order valence-electron chi connectivity index (χ4n) is 2.46. The Balaban J connectivity index is 1.81. The minimum absolute atomic E-state index is 0.222. The summed E-state index contributed by atoms with van der Waals surface area (Å²) in [5.74, 6) is 0.849. The molecule has 0 unspecified atom stereocenters. The SMILES string of the molecule is OB(O)c1ccc2cc(OC3CCOCC3)ccc2c1. The maximum atomic E-state index is 9.17. The van der Waals surface area contributed by atoms with Crippen LogP contribution in [-0.4, -0.2) is 36.5 Å². The zero-order valence-corrected chi connectivity index (χ0v) is 11.2. The average Bonchev–Trinajstić information content (AvgIpc) is 2.47. The lowest BCUT2D eigenvalue weighted by atomic mass is 9.79. The van der Waals surface area contributed by atoms with Gasteiger partial charge >= 0.3 is 7.12 Å². The molecule has 1 aliphatic rings. The van der Waals surface area contributed by atoms with Crippen molar-refractivity contribution < 1.29 is 19.5 Å². The van der Waals surface area contributed by atoms with Gasteiger partial charge in [0.25, 0.3) is 0 Å². The fraction of sp³-hybridized carbons (Fsp3) is 0.333. The molecule has 0 radical (unpaired) electrons. The van der Waals surface area contributed by atoms with Crippen molar-refractivity contribution in [2.75, 3.05) is 13.2 Å². The summed E-state index contributed by atoms with van der Waals surface area (Å²) in [5, 5.41) is 20.3. The summed E-state index contributed by atoms with van der Waals surface area (Å²) in [6.07, 6.45) is 2.07. The standard InChI is InChI=1S/C15H17BO4/c17-16(18)13-3-1-12-10-15(4-2-11(12)9-13)20-14-5-7-19-8-6-14/h1-4,9-10,14,17-18H,5-8H2. The monoisotopic (exact) mass is 272 g/mol. The maximum Gasteiger partial charge on any atom is 0.488 e. The van der Waals surface area contributed by atoms with Crippen LogP contribution in [0.25, 0.3) is 10.8 Å². The molecule has 0 bridgehead atoms. The predicted octanol–water partition coefficient (Wildman–Crippen LogP) is 1.08. The molecule has 0 aliphatic carbocycles. The van der Waals surface area contributed by atoms with Crippen molar-refractivity contribution in [1.29, 1.82) is 0 Å². The molecule has 20 heavy (non-hydrogen) atoms. The summed E-state index contributed by atoms with van der Waals surface area (Å²) < 4.78 is 11.3. The molecule has 1 aliphatic heterocycles. The van der Waals surface area contributed by atoms with Gasteiger partial charge < -0.3 is 19.5 Å². The Bertz CT molecular complexity index is 593. The van der Waals surface area contributed by atoms with Gasteiger partial charge in [-0.3, -0.25) is 0 Å². The van der Waals surface area contributed by atoms with Crippen molar-refractivity contribution >= 4 is 23.4 Å². The third kappa shape index (κ3) is 2.95. The Hall–Kier alpha value is -1.56. The van der Waals surface area contributed by atoms with Gasteiger partial charge in [-0.05, 0) is 28.4 Å². The molecule has 0 amide bonds. The van der Waals surface area contributed by atoms with E-state index in [4.69, 9.17) is 9.47 Å². The van der Waals surface area contributed by atoms with Crippen molar-refractivity contribution in [3.63, 3.8) is 0 Å². The lowest BCUT2D eigenvalue weighted by Gasteiger charge is -2.23. The highest BCUT2D eigenvalue weighted by Gasteiger charge is 2.15. The van der Waals surface area contributed by atoms with Crippen LogP contribution in [-0.2, 0) is 4.74 Å². The van der Waals surface area contributed by atoms with Gasteiger partial charge in [0, 0.05) is 12.8 Å². The Labute approximate surface area is 118 Å². The molecule has 0 aromatic heterocycles. The molecule has 5 heteroatoms. The van der Waals surface area contributed by atoms with Crippen molar-refractivity contribution in [3.05, 3.63) is 36.4 Å². The predicted molar refractivity (Wildman–Crippen MR) is 78.2 cm³/mol. The van der Waals surface area contributed by atoms with Crippen LogP contribution in [0.1, 0.15) is 12.8 Å². The summed E-state index contributed by atoms with van der Waals surface area (Å²) >= 11 is 0. The van der Waals surface area contributed by atoms with E-state index in [0.717, 1.165) is 42.6 Å². The van der Waals surface area contributed by atoms with Crippen LogP contribution in [0.3, 0.4) is 0 Å². The summed E-state index contributed by atoms with van der Waals surface area (Å²) in [4.78, 5) is 0. The number of rotatable bonds is 3. The molecule has 1 fully saturated rings. The molecule has 0 spiro atoms. The van der Waals surface area contributed by atoms with E-state index in [1.165, 1.54) is 0 Å². The van der Waals surface area contributed by atoms with E-state index in [0.29, 0.717) is 5.46 Å². The molecule has 0 saturated carbocycles. The van der Waals surface area contributed by atoms with Crippen LogP contribution >= 0.6 is 0 Å². The molecule has 2 aromatic carbocycles. The van der Waals surface area contributed by atoms with E-state index in [1.54, 1.807) is 12.1 Å². The van der Waals surface area contributed by atoms with Crippen LogP contribution in [0.15, 0.2) is 36.4 Å². The van der Waals surface area contributed by atoms with Crippen LogP contribution in [0, 0.1) is 0 Å². The smallest absolute Gasteiger partial charge is 0.488 e. The summed E-state index contributed by atoms with van der Waals surface area (Å²) in [7, 11) is -1.43. The number of benzene rings is 2. The largest absolute Gasteiger partial charge is 0.490 e. The van der Waals surface area contributed by atoms with Crippen LogP contribution in [0.5, 0.6) is 5.75 Å². The van der Waals surface area contributed by atoms with Crippen LogP contribution in [0.2, 0.25) is 0 Å². The highest BCUT2D eigenvalue weighted by molar-refractivity contribution is 6.58. The second-order valence-corrected chi connectivity index (χ2v) is 5.07. The first-order chi connectivity index (χ1) is 9.72. The first-order valence-corrected chi connectivity index (χ1v) is 6.86. The van der Waals surface area contributed by atoms with E-state index >= 15 is 0 Å². The molecular formula is C15H17BO4. The highest BCUT2D eigenvalue weighted by atomic mass is 16.5. The second kappa shape index (κ2) is 5.83. The third-order valence-electron chi connectivity index (χ3n) is 3.60. The molecule has 104 valence electrons. The number of hydrogen-bond donors (Lipinski definition) is 2. The molecule has 4 nitrogen and oxygen atoms in total. The normalized spacial score (nSPS) is 16.3. The number of hydrogen-bond acceptors (Lipinski definition) is 4. The third-order valence-corrected chi connectivity index (χ3v) is 3.60. The van der Waals surface area contributed by atoms with Crippen LogP contribution in [0.4, 0.5) is 0 Å². The van der Waals surface area contributed by atoms with Gasteiger partial charge in [0.1, 0.15) is 11.9 Å². The van der Waals surface area contributed by atoms with Gasteiger partial charge in [0.2, 0.25) is 0 Å². The van der Waals surface area contributed by atoms with E-state index < -0.39 is 7.12 Å². The summed E-state index contributed by atoms with van der Waals surface area (Å²) in [6, 6.07) is 11.2. The Morgan fingerprint density at radius 2 is 1.70 bits per heavy atom. The van der Waals surface area contributed by atoms with Gasteiger partial charge in [-0.25, -0.2) is 0 Å². The van der Waals surface area contributed by atoms with Crippen molar-refractivity contribution in [3.8, 4) is 5.75 Å². The summed E-state index contributed by atoms with van der Waals surface area (Å²) in [5.41, 5.74) is 0.496. The molecule has 3 rings (SSSR count). The van der Waals surface area contributed by atoms with Crippen molar-refractivity contribution in [2.45, 2.75) is 18.9 Å². The molecule has 0 atom stereocenters. The number of ether oxygens (including phenoxy) is 2. The summed E-state index contributed by atoms with van der Waals surface area (Å²) in [6.45, 7) is 1.52. The van der Waals surface area contributed by atoms with Crippen molar-refractivity contribution in [1.82, 2.24) is 0 Å². The molecular weight excluding hydrogens is 255 g/mol. The minimum Gasteiger partial charge on any atom is -0.490 e. The topological polar surface area (TPSA) is 58.9 Å². The Kier molecular flexibility index (Phi) is 3.92.